The summed E-state index contributed by atoms with van der Waals surface area (Å²) in [6.45, 7) is 4.12. The maximum Gasteiger partial charge on any atom is 0.166 e. The summed E-state index contributed by atoms with van der Waals surface area (Å²) in [4.78, 5) is 11.0. The van der Waals surface area contributed by atoms with Crippen LogP contribution in [0.15, 0.2) is 24.3 Å². The minimum Gasteiger partial charge on any atom is -0.496 e. The number of hydrogen-bond acceptors (Lipinski definition) is 2. The normalized spacial score (nSPS) is 11.0. The number of aromatic nitrogens is 1. The molecule has 0 fully saturated rings. The van der Waals surface area contributed by atoms with E-state index >= 15 is 0 Å². The molecule has 0 bridgehead atoms. The van der Waals surface area contributed by atoms with Gasteiger partial charge < -0.3 is 9.30 Å². The molecule has 0 aliphatic rings. The molecular weight excluding hydrogens is 202 g/mol. The van der Waals surface area contributed by atoms with Gasteiger partial charge in [0.15, 0.2) is 6.29 Å². The molecule has 0 amide bonds. The highest BCUT2D eigenvalue weighted by molar-refractivity contribution is 5.93. The lowest BCUT2D eigenvalue weighted by Crippen LogP contribution is -2.04. The molecular formula is C13H15NO2. The van der Waals surface area contributed by atoms with E-state index in [1.54, 1.807) is 7.11 Å². The van der Waals surface area contributed by atoms with Crippen molar-refractivity contribution in [3.8, 4) is 5.75 Å². The summed E-state index contributed by atoms with van der Waals surface area (Å²) < 4.78 is 7.31. The van der Waals surface area contributed by atoms with Crippen LogP contribution in [0, 0.1) is 0 Å². The molecule has 16 heavy (non-hydrogen) atoms. The van der Waals surface area contributed by atoms with Crippen molar-refractivity contribution in [1.82, 2.24) is 4.57 Å². The first kappa shape index (κ1) is 10.7. The summed E-state index contributed by atoms with van der Waals surface area (Å²) in [5, 5.41) is 0.987. The zero-order valence-electron chi connectivity index (χ0n) is 9.73. The number of aldehydes is 1. The number of fused-ring (bicyclic) bond motifs is 1. The van der Waals surface area contributed by atoms with Crippen molar-refractivity contribution in [2.45, 2.75) is 19.9 Å². The summed E-state index contributed by atoms with van der Waals surface area (Å²) >= 11 is 0. The molecule has 3 heteroatoms. The first-order valence-corrected chi connectivity index (χ1v) is 5.32. The van der Waals surface area contributed by atoms with Crippen LogP contribution in [0.1, 0.15) is 30.4 Å². The fraction of sp³-hybridized carbons (Fsp3) is 0.308. The Morgan fingerprint density at radius 1 is 1.38 bits per heavy atom. The van der Waals surface area contributed by atoms with E-state index in [4.69, 9.17) is 4.74 Å². The zero-order valence-corrected chi connectivity index (χ0v) is 9.73. The first-order valence-electron chi connectivity index (χ1n) is 5.32. The Morgan fingerprint density at radius 3 is 2.69 bits per heavy atom. The summed E-state index contributed by atoms with van der Waals surface area (Å²) in [6.07, 6.45) is 0.888. The third-order valence-electron chi connectivity index (χ3n) is 2.73. The van der Waals surface area contributed by atoms with Crippen LogP contribution in [0.25, 0.3) is 10.9 Å². The average molecular weight is 217 g/mol. The Balaban J connectivity index is 2.82. The highest BCUT2D eigenvalue weighted by atomic mass is 16.5. The van der Waals surface area contributed by atoms with Gasteiger partial charge in [0.1, 0.15) is 5.75 Å². The van der Waals surface area contributed by atoms with Crippen LogP contribution in [0.4, 0.5) is 0 Å². The Morgan fingerprint density at radius 2 is 2.12 bits per heavy atom. The van der Waals surface area contributed by atoms with Crippen molar-refractivity contribution < 1.29 is 9.53 Å². The SMILES string of the molecule is COc1cccc2c1cc(C=O)n2C(C)C. The Labute approximate surface area is 94.6 Å². The monoisotopic (exact) mass is 217 g/mol. The van der Waals surface area contributed by atoms with Crippen molar-refractivity contribution in [3.05, 3.63) is 30.0 Å². The molecule has 2 rings (SSSR count). The second kappa shape index (κ2) is 4.00. The molecule has 84 valence electrons. The van der Waals surface area contributed by atoms with E-state index in [0.717, 1.165) is 22.9 Å². The minimum absolute atomic E-state index is 0.254. The van der Waals surface area contributed by atoms with Crippen LogP contribution in [0.2, 0.25) is 0 Å². The van der Waals surface area contributed by atoms with Crippen LogP contribution in [-0.4, -0.2) is 18.0 Å². The molecule has 0 aliphatic carbocycles. The van der Waals surface area contributed by atoms with Gasteiger partial charge in [0.25, 0.3) is 0 Å². The van der Waals surface area contributed by atoms with Gasteiger partial charge in [0.2, 0.25) is 0 Å². The molecule has 0 N–H and O–H groups in total. The third-order valence-corrected chi connectivity index (χ3v) is 2.73. The second-order valence-corrected chi connectivity index (χ2v) is 4.04. The van der Waals surface area contributed by atoms with Crippen LogP contribution >= 0.6 is 0 Å². The van der Waals surface area contributed by atoms with Gasteiger partial charge in [-0.05, 0) is 32.0 Å². The maximum atomic E-state index is 11.0. The van der Waals surface area contributed by atoms with Gasteiger partial charge in [-0.1, -0.05) is 6.07 Å². The van der Waals surface area contributed by atoms with Gasteiger partial charge in [-0.2, -0.15) is 0 Å². The van der Waals surface area contributed by atoms with Gasteiger partial charge in [-0.15, -0.1) is 0 Å². The van der Waals surface area contributed by atoms with Crippen LogP contribution in [-0.2, 0) is 0 Å². The van der Waals surface area contributed by atoms with Crippen LogP contribution < -0.4 is 4.74 Å². The lowest BCUT2D eigenvalue weighted by Gasteiger charge is -2.11. The van der Waals surface area contributed by atoms with Crippen molar-refractivity contribution in [2.75, 3.05) is 7.11 Å². The van der Waals surface area contributed by atoms with Gasteiger partial charge >= 0.3 is 0 Å². The summed E-state index contributed by atoms with van der Waals surface area (Å²) in [7, 11) is 1.64. The van der Waals surface area contributed by atoms with Crippen molar-refractivity contribution >= 4 is 17.2 Å². The Kier molecular flexibility index (Phi) is 2.69. The molecule has 0 saturated carbocycles. The van der Waals surface area contributed by atoms with E-state index < -0.39 is 0 Å². The average Bonchev–Trinajstić information content (AvgIpc) is 2.66. The first-order chi connectivity index (χ1) is 7.69. The van der Waals surface area contributed by atoms with E-state index in [0.29, 0.717) is 5.69 Å². The molecule has 0 spiro atoms. The lowest BCUT2D eigenvalue weighted by atomic mass is 10.2. The smallest absolute Gasteiger partial charge is 0.166 e. The number of benzene rings is 1. The van der Waals surface area contributed by atoms with E-state index in [2.05, 4.69) is 13.8 Å². The van der Waals surface area contributed by atoms with Gasteiger partial charge in [0.05, 0.1) is 18.3 Å². The standard InChI is InChI=1S/C13H15NO2/c1-9(2)14-10(8-15)7-11-12(14)5-4-6-13(11)16-3/h4-9H,1-3H3. The van der Waals surface area contributed by atoms with Crippen molar-refractivity contribution in [1.29, 1.82) is 0 Å². The van der Waals surface area contributed by atoms with E-state index in [1.807, 2.05) is 28.8 Å². The third kappa shape index (κ3) is 1.48. The Hall–Kier alpha value is -1.77. The number of rotatable bonds is 3. The molecule has 0 atom stereocenters. The summed E-state index contributed by atoms with van der Waals surface area (Å²) in [5.74, 6) is 0.806. The van der Waals surface area contributed by atoms with Gasteiger partial charge in [0, 0.05) is 11.4 Å². The molecule has 1 aromatic carbocycles. The zero-order chi connectivity index (χ0) is 11.7. The molecule has 0 radical (unpaired) electrons. The van der Waals surface area contributed by atoms with Crippen LogP contribution in [0.5, 0.6) is 5.75 Å². The largest absolute Gasteiger partial charge is 0.496 e. The fourth-order valence-electron chi connectivity index (χ4n) is 2.09. The summed E-state index contributed by atoms with van der Waals surface area (Å²) in [5.41, 5.74) is 1.73. The molecule has 0 saturated heterocycles. The number of methoxy groups -OCH3 is 1. The Bertz CT molecular complexity index is 526. The number of carbonyl (C=O) groups is 1. The minimum atomic E-state index is 0.254. The number of hydrogen-bond donors (Lipinski definition) is 0. The second-order valence-electron chi connectivity index (χ2n) is 4.04. The molecule has 1 aromatic heterocycles. The highest BCUT2D eigenvalue weighted by Crippen LogP contribution is 2.30. The van der Waals surface area contributed by atoms with Gasteiger partial charge in [-0.3, -0.25) is 4.79 Å². The fourth-order valence-corrected chi connectivity index (χ4v) is 2.09. The van der Waals surface area contributed by atoms with E-state index in [-0.39, 0.29) is 6.04 Å². The number of carbonyl (C=O) groups excluding carboxylic acids is 1. The molecule has 2 aromatic rings. The van der Waals surface area contributed by atoms with Crippen molar-refractivity contribution in [2.24, 2.45) is 0 Å². The number of nitrogens with zero attached hydrogens (tertiary/aromatic N) is 1. The van der Waals surface area contributed by atoms with E-state index in [1.165, 1.54) is 0 Å². The lowest BCUT2D eigenvalue weighted by molar-refractivity contribution is 0.111. The van der Waals surface area contributed by atoms with Gasteiger partial charge in [-0.25, -0.2) is 0 Å². The van der Waals surface area contributed by atoms with Crippen LogP contribution in [0.3, 0.4) is 0 Å². The van der Waals surface area contributed by atoms with E-state index in [9.17, 15) is 4.79 Å². The number of ether oxygens (including phenoxy) is 1. The predicted octanol–water partition coefficient (Wildman–Crippen LogP) is 3.04. The molecule has 0 aliphatic heterocycles. The topological polar surface area (TPSA) is 31.2 Å². The maximum absolute atomic E-state index is 11.0. The predicted molar refractivity (Wildman–Crippen MR) is 64.3 cm³/mol. The van der Waals surface area contributed by atoms with Crippen molar-refractivity contribution in [3.63, 3.8) is 0 Å². The molecule has 1 heterocycles. The summed E-state index contributed by atoms with van der Waals surface area (Å²) in [6, 6.07) is 7.98. The highest BCUT2D eigenvalue weighted by Gasteiger charge is 2.13. The quantitative estimate of drug-likeness (QED) is 0.740. The molecule has 0 unspecified atom stereocenters. The molecule has 3 nitrogen and oxygen atoms in total.